The molecule has 0 unspecified atom stereocenters. The maximum absolute atomic E-state index is 13.4. The van der Waals surface area contributed by atoms with Crippen molar-refractivity contribution >= 4 is 33.4 Å². The Bertz CT molecular complexity index is 574. The van der Waals surface area contributed by atoms with Crippen LogP contribution in [0.4, 0.5) is 10.1 Å². The third kappa shape index (κ3) is 3.53. The summed E-state index contributed by atoms with van der Waals surface area (Å²) in [6, 6.07) is 2.42. The van der Waals surface area contributed by atoms with Gasteiger partial charge in [0.25, 0.3) is 5.91 Å². The molecule has 1 aromatic rings. The molecule has 0 heterocycles. The lowest BCUT2D eigenvalue weighted by molar-refractivity contribution is -0.119. The Morgan fingerprint density at radius 2 is 1.95 bits per heavy atom. The topological polar surface area (TPSA) is 89.4 Å². The highest BCUT2D eigenvalue weighted by atomic mass is 79.9. The maximum Gasteiger partial charge on any atom is 0.255 e. The van der Waals surface area contributed by atoms with Gasteiger partial charge in [-0.3, -0.25) is 9.59 Å². The van der Waals surface area contributed by atoms with E-state index in [9.17, 15) is 14.0 Å². The number of benzene rings is 1. The van der Waals surface area contributed by atoms with Crippen LogP contribution >= 0.6 is 15.9 Å². The molecule has 0 atom stereocenters. The van der Waals surface area contributed by atoms with Gasteiger partial charge in [0.1, 0.15) is 5.82 Å². The molecule has 21 heavy (non-hydrogen) atoms. The van der Waals surface area contributed by atoms with Crippen LogP contribution in [0.25, 0.3) is 0 Å². The third-order valence-electron chi connectivity index (χ3n) is 3.67. The number of halogens is 2. The summed E-state index contributed by atoms with van der Waals surface area (Å²) >= 11 is 3.17. The number of hydrogen-bond donors (Lipinski definition) is 2. The SMILES string of the molecule is NC(=O)CN(C(=O)c1cc(N)c(F)cc1Br)C1CCCC1. The molecule has 1 aliphatic rings. The van der Waals surface area contributed by atoms with Crippen molar-refractivity contribution in [2.75, 3.05) is 12.3 Å². The first-order valence-corrected chi connectivity index (χ1v) is 7.53. The first-order valence-electron chi connectivity index (χ1n) is 6.74. The van der Waals surface area contributed by atoms with Gasteiger partial charge in [-0.15, -0.1) is 0 Å². The average molecular weight is 358 g/mol. The standard InChI is InChI=1S/C14H17BrFN3O2/c15-10-6-11(16)12(17)5-9(10)14(21)19(7-13(18)20)8-3-1-2-4-8/h5-6,8H,1-4,7,17H2,(H2,18,20). The van der Waals surface area contributed by atoms with Gasteiger partial charge in [-0.2, -0.15) is 0 Å². The molecular formula is C14H17BrFN3O2. The zero-order valence-corrected chi connectivity index (χ0v) is 13.0. The van der Waals surface area contributed by atoms with Crippen molar-refractivity contribution in [3.8, 4) is 0 Å². The van der Waals surface area contributed by atoms with Crippen LogP contribution in [0.15, 0.2) is 16.6 Å². The molecule has 5 nitrogen and oxygen atoms in total. The summed E-state index contributed by atoms with van der Waals surface area (Å²) in [6.45, 7) is -0.146. The zero-order chi connectivity index (χ0) is 15.6. The van der Waals surface area contributed by atoms with Gasteiger partial charge in [0.05, 0.1) is 17.8 Å². The number of amides is 2. The first kappa shape index (κ1) is 15.8. The van der Waals surface area contributed by atoms with Gasteiger partial charge in [-0.05, 0) is 40.9 Å². The number of nitrogen functional groups attached to an aromatic ring is 1. The van der Waals surface area contributed by atoms with E-state index in [4.69, 9.17) is 11.5 Å². The predicted molar refractivity (Wildman–Crippen MR) is 81.0 cm³/mol. The summed E-state index contributed by atoms with van der Waals surface area (Å²) in [4.78, 5) is 25.4. The minimum absolute atomic E-state index is 0.0109. The molecule has 1 aromatic carbocycles. The lowest BCUT2D eigenvalue weighted by Crippen LogP contribution is -2.44. The lowest BCUT2D eigenvalue weighted by Gasteiger charge is -2.28. The molecule has 0 aliphatic heterocycles. The van der Waals surface area contributed by atoms with Crippen LogP contribution in [-0.2, 0) is 4.79 Å². The molecule has 4 N–H and O–H groups in total. The second kappa shape index (κ2) is 6.43. The number of anilines is 1. The van der Waals surface area contributed by atoms with E-state index in [-0.39, 0.29) is 29.7 Å². The normalized spacial score (nSPS) is 15.1. The van der Waals surface area contributed by atoms with E-state index in [0.717, 1.165) is 31.7 Å². The second-order valence-electron chi connectivity index (χ2n) is 5.19. The number of hydrogen-bond acceptors (Lipinski definition) is 3. The second-order valence-corrected chi connectivity index (χ2v) is 6.05. The molecule has 1 aliphatic carbocycles. The molecule has 0 radical (unpaired) electrons. The summed E-state index contributed by atoms with van der Waals surface area (Å²) in [5, 5.41) is 0. The fraction of sp³-hybridized carbons (Fsp3) is 0.429. The van der Waals surface area contributed by atoms with E-state index in [1.54, 1.807) is 0 Å². The first-order chi connectivity index (χ1) is 9.90. The maximum atomic E-state index is 13.4. The van der Waals surface area contributed by atoms with Crippen LogP contribution in [0.5, 0.6) is 0 Å². The van der Waals surface area contributed by atoms with E-state index >= 15 is 0 Å². The lowest BCUT2D eigenvalue weighted by atomic mass is 10.1. The fourth-order valence-corrected chi connectivity index (χ4v) is 3.12. The minimum Gasteiger partial charge on any atom is -0.396 e. The highest BCUT2D eigenvalue weighted by molar-refractivity contribution is 9.10. The van der Waals surface area contributed by atoms with Gasteiger partial charge in [-0.1, -0.05) is 12.8 Å². The quantitative estimate of drug-likeness (QED) is 0.808. The predicted octanol–water partition coefficient (Wildman–Crippen LogP) is 2.04. The van der Waals surface area contributed by atoms with Gasteiger partial charge < -0.3 is 16.4 Å². The number of rotatable bonds is 4. The third-order valence-corrected chi connectivity index (χ3v) is 4.33. The van der Waals surface area contributed by atoms with E-state index in [2.05, 4.69) is 15.9 Å². The summed E-state index contributed by atoms with van der Waals surface area (Å²) in [5.41, 5.74) is 10.9. The molecule has 1 fully saturated rings. The summed E-state index contributed by atoms with van der Waals surface area (Å²) < 4.78 is 13.7. The Morgan fingerprint density at radius 1 is 1.33 bits per heavy atom. The van der Waals surface area contributed by atoms with Crippen LogP contribution in [0.2, 0.25) is 0 Å². The molecule has 0 bridgehead atoms. The van der Waals surface area contributed by atoms with E-state index in [0.29, 0.717) is 4.47 Å². The van der Waals surface area contributed by atoms with Crippen LogP contribution in [-0.4, -0.2) is 29.3 Å². The van der Waals surface area contributed by atoms with Crippen molar-refractivity contribution < 1.29 is 14.0 Å². The highest BCUT2D eigenvalue weighted by Gasteiger charge is 2.29. The monoisotopic (exact) mass is 357 g/mol. The van der Waals surface area contributed by atoms with Gasteiger partial charge in [0, 0.05) is 10.5 Å². The molecule has 2 amide bonds. The Balaban J connectivity index is 2.33. The molecule has 1 saturated carbocycles. The van der Waals surface area contributed by atoms with Crippen molar-refractivity contribution in [1.82, 2.24) is 4.90 Å². The van der Waals surface area contributed by atoms with Crippen LogP contribution in [0.1, 0.15) is 36.0 Å². The highest BCUT2D eigenvalue weighted by Crippen LogP contribution is 2.28. The minimum atomic E-state index is -0.597. The van der Waals surface area contributed by atoms with Crippen molar-refractivity contribution in [2.45, 2.75) is 31.7 Å². The molecule has 0 saturated heterocycles. The van der Waals surface area contributed by atoms with Crippen LogP contribution in [0, 0.1) is 5.82 Å². The molecule has 7 heteroatoms. The molecule has 0 spiro atoms. The Morgan fingerprint density at radius 3 is 2.52 bits per heavy atom. The van der Waals surface area contributed by atoms with E-state index in [1.165, 1.54) is 11.0 Å². The van der Waals surface area contributed by atoms with E-state index < -0.39 is 11.7 Å². The Kier molecular flexibility index (Phi) is 4.82. The number of nitrogens with zero attached hydrogens (tertiary/aromatic N) is 1. The summed E-state index contributed by atoms with van der Waals surface area (Å²) in [6.07, 6.45) is 3.71. The van der Waals surface area contributed by atoms with Crippen LogP contribution < -0.4 is 11.5 Å². The van der Waals surface area contributed by atoms with E-state index in [1.807, 2.05) is 0 Å². The number of carbonyl (C=O) groups excluding carboxylic acids is 2. The van der Waals surface area contributed by atoms with Gasteiger partial charge in [-0.25, -0.2) is 4.39 Å². The molecule has 0 aromatic heterocycles. The number of carbonyl (C=O) groups is 2. The number of primary amides is 1. The van der Waals surface area contributed by atoms with Crippen LogP contribution in [0.3, 0.4) is 0 Å². The van der Waals surface area contributed by atoms with Crippen molar-refractivity contribution in [3.63, 3.8) is 0 Å². The average Bonchev–Trinajstić information content (AvgIpc) is 2.93. The summed E-state index contributed by atoms with van der Waals surface area (Å²) in [5.74, 6) is -1.53. The van der Waals surface area contributed by atoms with Gasteiger partial charge >= 0.3 is 0 Å². The van der Waals surface area contributed by atoms with Gasteiger partial charge in [0.2, 0.25) is 5.91 Å². The summed E-state index contributed by atoms with van der Waals surface area (Å²) in [7, 11) is 0. The Hall–Kier alpha value is -1.63. The zero-order valence-electron chi connectivity index (χ0n) is 11.4. The smallest absolute Gasteiger partial charge is 0.255 e. The fourth-order valence-electron chi connectivity index (χ4n) is 2.63. The number of nitrogens with two attached hydrogens (primary N) is 2. The Labute approximate surface area is 130 Å². The molecular weight excluding hydrogens is 341 g/mol. The molecule has 114 valence electrons. The largest absolute Gasteiger partial charge is 0.396 e. The van der Waals surface area contributed by atoms with Gasteiger partial charge in [0.15, 0.2) is 0 Å². The molecule has 2 rings (SSSR count). The van der Waals surface area contributed by atoms with Crippen molar-refractivity contribution in [3.05, 3.63) is 28.0 Å². The van der Waals surface area contributed by atoms with Crippen molar-refractivity contribution in [2.24, 2.45) is 5.73 Å². The van der Waals surface area contributed by atoms with Crippen molar-refractivity contribution in [1.29, 1.82) is 0 Å².